The molecule has 2 aliphatic rings. The lowest BCUT2D eigenvalue weighted by Gasteiger charge is -2.32. The van der Waals surface area contributed by atoms with E-state index in [0.29, 0.717) is 30.0 Å². The molecule has 1 N–H and O–H groups in total. The van der Waals surface area contributed by atoms with Gasteiger partial charge < -0.3 is 14.8 Å². The number of anilines is 1. The van der Waals surface area contributed by atoms with Gasteiger partial charge in [-0.2, -0.15) is 13.2 Å². The summed E-state index contributed by atoms with van der Waals surface area (Å²) in [5.74, 6) is -2.13. The summed E-state index contributed by atoms with van der Waals surface area (Å²) in [7, 11) is 1.53. The molecule has 2 fully saturated rings. The summed E-state index contributed by atoms with van der Waals surface area (Å²) in [6, 6.07) is 4.94. The van der Waals surface area contributed by atoms with Crippen LogP contribution in [-0.4, -0.2) is 25.3 Å². The van der Waals surface area contributed by atoms with Crippen LogP contribution in [0.2, 0.25) is 0 Å². The third-order valence-corrected chi connectivity index (χ3v) is 5.55. The topological polar surface area (TPSA) is 47.6 Å². The fraction of sp³-hybridized carbons (Fsp3) is 0.650. The SMILES string of the molecule is COc1ccc(NC(=O)C2CCCCC2C(F)(F)F)cc1OC1CCCC1. The van der Waals surface area contributed by atoms with Crippen molar-refractivity contribution in [2.75, 3.05) is 12.4 Å². The molecule has 2 atom stereocenters. The van der Waals surface area contributed by atoms with Crippen LogP contribution in [0, 0.1) is 11.8 Å². The summed E-state index contributed by atoms with van der Waals surface area (Å²) in [5, 5.41) is 2.66. The number of nitrogens with one attached hydrogen (secondary N) is 1. The van der Waals surface area contributed by atoms with E-state index in [1.807, 2.05) is 0 Å². The van der Waals surface area contributed by atoms with Gasteiger partial charge in [-0.05, 0) is 50.7 Å². The van der Waals surface area contributed by atoms with Crippen LogP contribution in [0.1, 0.15) is 51.4 Å². The molecule has 2 saturated carbocycles. The average Bonchev–Trinajstić information content (AvgIpc) is 3.14. The van der Waals surface area contributed by atoms with E-state index in [9.17, 15) is 18.0 Å². The van der Waals surface area contributed by atoms with Crippen LogP contribution in [0.25, 0.3) is 0 Å². The minimum atomic E-state index is -4.35. The minimum absolute atomic E-state index is 0.0141. The lowest BCUT2D eigenvalue weighted by molar-refractivity contribution is -0.197. The van der Waals surface area contributed by atoms with Gasteiger partial charge in [0.15, 0.2) is 11.5 Å². The monoisotopic (exact) mass is 385 g/mol. The van der Waals surface area contributed by atoms with Gasteiger partial charge in [0.1, 0.15) is 0 Å². The highest BCUT2D eigenvalue weighted by molar-refractivity contribution is 5.93. The van der Waals surface area contributed by atoms with Crippen LogP contribution in [0.15, 0.2) is 18.2 Å². The van der Waals surface area contributed by atoms with E-state index < -0.39 is 23.9 Å². The maximum absolute atomic E-state index is 13.3. The van der Waals surface area contributed by atoms with Crippen molar-refractivity contribution < 1.29 is 27.4 Å². The molecule has 4 nitrogen and oxygen atoms in total. The maximum Gasteiger partial charge on any atom is 0.392 e. The Labute approximate surface area is 157 Å². The van der Waals surface area contributed by atoms with Crippen LogP contribution in [0.3, 0.4) is 0 Å². The smallest absolute Gasteiger partial charge is 0.392 e. The summed E-state index contributed by atoms with van der Waals surface area (Å²) in [4.78, 5) is 12.6. The molecule has 1 amide bonds. The zero-order chi connectivity index (χ0) is 19.4. The Balaban J connectivity index is 1.72. The molecule has 0 radical (unpaired) electrons. The third kappa shape index (κ3) is 4.87. The standard InChI is InChI=1S/C20H26F3NO3/c1-26-17-11-10-13(12-18(17)27-14-6-2-3-7-14)24-19(25)15-8-4-5-9-16(15)20(21,22)23/h10-12,14-16H,2-9H2,1H3,(H,24,25). The second kappa shape index (κ2) is 8.40. The molecule has 1 aromatic rings. The Hall–Kier alpha value is -1.92. The first-order valence-corrected chi connectivity index (χ1v) is 9.60. The molecule has 150 valence electrons. The van der Waals surface area contributed by atoms with Crippen molar-refractivity contribution in [2.45, 2.75) is 63.6 Å². The molecular weight excluding hydrogens is 359 g/mol. The van der Waals surface area contributed by atoms with Crippen molar-refractivity contribution in [3.63, 3.8) is 0 Å². The lowest BCUT2D eigenvalue weighted by atomic mass is 9.78. The van der Waals surface area contributed by atoms with Crippen LogP contribution in [0.4, 0.5) is 18.9 Å². The first kappa shape index (κ1) is 19.8. The normalized spacial score (nSPS) is 23.9. The van der Waals surface area contributed by atoms with Crippen LogP contribution in [0.5, 0.6) is 11.5 Å². The summed E-state index contributed by atoms with van der Waals surface area (Å²) in [6.07, 6.45) is 1.35. The number of rotatable bonds is 5. The molecule has 27 heavy (non-hydrogen) atoms. The predicted molar refractivity (Wildman–Crippen MR) is 96.0 cm³/mol. The van der Waals surface area contributed by atoms with Gasteiger partial charge in [-0.1, -0.05) is 12.8 Å². The van der Waals surface area contributed by atoms with E-state index in [1.165, 1.54) is 7.11 Å². The number of hydrogen-bond donors (Lipinski definition) is 1. The number of amides is 1. The number of ether oxygens (including phenoxy) is 2. The van der Waals surface area contributed by atoms with Crippen molar-refractivity contribution in [1.82, 2.24) is 0 Å². The van der Waals surface area contributed by atoms with Crippen molar-refractivity contribution in [3.05, 3.63) is 18.2 Å². The fourth-order valence-electron chi connectivity index (χ4n) is 4.10. The third-order valence-electron chi connectivity index (χ3n) is 5.55. The molecule has 0 bridgehead atoms. The molecule has 0 saturated heterocycles. The van der Waals surface area contributed by atoms with Gasteiger partial charge in [-0.3, -0.25) is 4.79 Å². The van der Waals surface area contributed by atoms with Gasteiger partial charge in [-0.25, -0.2) is 0 Å². The zero-order valence-corrected chi connectivity index (χ0v) is 15.5. The molecule has 2 aliphatic carbocycles. The molecule has 3 rings (SSSR count). The fourth-order valence-corrected chi connectivity index (χ4v) is 4.10. The summed E-state index contributed by atoms with van der Waals surface area (Å²) < 4.78 is 51.1. The molecule has 0 aromatic heterocycles. The van der Waals surface area contributed by atoms with Gasteiger partial charge in [0, 0.05) is 17.7 Å². The summed E-state index contributed by atoms with van der Waals surface area (Å²) in [6.45, 7) is 0. The van der Waals surface area contributed by atoms with E-state index in [-0.39, 0.29) is 18.9 Å². The first-order valence-electron chi connectivity index (χ1n) is 9.60. The maximum atomic E-state index is 13.3. The molecule has 2 unspecified atom stereocenters. The molecule has 0 spiro atoms. The molecule has 0 aliphatic heterocycles. The predicted octanol–water partition coefficient (Wildman–Crippen LogP) is 5.32. The molecule has 1 aromatic carbocycles. The Kier molecular flexibility index (Phi) is 6.17. The van der Waals surface area contributed by atoms with Crippen LogP contribution in [-0.2, 0) is 4.79 Å². The number of methoxy groups -OCH3 is 1. The Morgan fingerprint density at radius 3 is 2.37 bits per heavy atom. The van der Waals surface area contributed by atoms with Crippen molar-refractivity contribution >= 4 is 11.6 Å². The van der Waals surface area contributed by atoms with E-state index in [1.54, 1.807) is 18.2 Å². The Bertz CT molecular complexity index is 656. The van der Waals surface area contributed by atoms with E-state index in [2.05, 4.69) is 5.32 Å². The highest BCUT2D eigenvalue weighted by Crippen LogP contribution is 2.42. The molecule has 7 heteroatoms. The minimum Gasteiger partial charge on any atom is -0.493 e. The number of halogens is 3. The van der Waals surface area contributed by atoms with Crippen LogP contribution < -0.4 is 14.8 Å². The Morgan fingerprint density at radius 1 is 1.04 bits per heavy atom. The Morgan fingerprint density at radius 2 is 1.70 bits per heavy atom. The molecular formula is C20H26F3NO3. The van der Waals surface area contributed by atoms with Crippen molar-refractivity contribution in [2.24, 2.45) is 11.8 Å². The van der Waals surface area contributed by atoms with Gasteiger partial charge in [0.2, 0.25) is 5.91 Å². The number of carbonyl (C=O) groups excluding carboxylic acids is 1. The van der Waals surface area contributed by atoms with E-state index in [4.69, 9.17) is 9.47 Å². The largest absolute Gasteiger partial charge is 0.493 e. The summed E-state index contributed by atoms with van der Waals surface area (Å²) >= 11 is 0. The highest BCUT2D eigenvalue weighted by atomic mass is 19.4. The summed E-state index contributed by atoms with van der Waals surface area (Å²) in [5.41, 5.74) is 0.431. The van der Waals surface area contributed by atoms with Crippen molar-refractivity contribution in [3.8, 4) is 11.5 Å². The first-order chi connectivity index (χ1) is 12.9. The van der Waals surface area contributed by atoms with E-state index >= 15 is 0 Å². The second-order valence-corrected chi connectivity index (χ2v) is 7.42. The van der Waals surface area contributed by atoms with Gasteiger partial charge in [0.05, 0.1) is 19.1 Å². The molecule has 0 heterocycles. The van der Waals surface area contributed by atoms with Gasteiger partial charge >= 0.3 is 6.18 Å². The quantitative estimate of drug-likeness (QED) is 0.746. The average molecular weight is 385 g/mol. The second-order valence-electron chi connectivity index (χ2n) is 7.42. The number of benzene rings is 1. The van der Waals surface area contributed by atoms with E-state index in [0.717, 1.165) is 25.7 Å². The zero-order valence-electron chi connectivity index (χ0n) is 15.5. The number of carbonyl (C=O) groups is 1. The number of hydrogen-bond acceptors (Lipinski definition) is 3. The highest BCUT2D eigenvalue weighted by Gasteiger charge is 2.48. The number of alkyl halides is 3. The van der Waals surface area contributed by atoms with Gasteiger partial charge in [-0.15, -0.1) is 0 Å². The van der Waals surface area contributed by atoms with Crippen LogP contribution >= 0.6 is 0 Å². The van der Waals surface area contributed by atoms with Gasteiger partial charge in [0.25, 0.3) is 0 Å². The van der Waals surface area contributed by atoms with Crippen molar-refractivity contribution in [1.29, 1.82) is 0 Å². The lowest BCUT2D eigenvalue weighted by Crippen LogP contribution is -2.39.